The van der Waals surface area contributed by atoms with Gasteiger partial charge in [-0.25, -0.2) is 0 Å². The molecule has 1 aromatic rings. The number of methoxy groups -OCH3 is 1. The molecule has 2 unspecified atom stereocenters. The predicted octanol–water partition coefficient (Wildman–Crippen LogP) is 3.55. The summed E-state index contributed by atoms with van der Waals surface area (Å²) in [6.07, 6.45) is 2.95. The minimum absolute atomic E-state index is 0.181. The molecule has 20 heavy (non-hydrogen) atoms. The number of likely N-dealkylation sites (N-methyl/N-ethyl adjacent to an activating group) is 1. The molecule has 0 spiro atoms. The van der Waals surface area contributed by atoms with E-state index < -0.39 is 0 Å². The van der Waals surface area contributed by atoms with Gasteiger partial charge in [0.05, 0.1) is 18.2 Å². The first-order chi connectivity index (χ1) is 9.67. The molecule has 1 aromatic carbocycles. The van der Waals surface area contributed by atoms with E-state index in [1.54, 1.807) is 0 Å². The molecule has 3 heteroatoms. The van der Waals surface area contributed by atoms with Crippen LogP contribution in [0.2, 0.25) is 0 Å². The first-order valence-electron chi connectivity index (χ1n) is 7.69. The van der Waals surface area contributed by atoms with E-state index in [0.717, 1.165) is 12.3 Å². The van der Waals surface area contributed by atoms with Crippen LogP contribution in [0.4, 0.5) is 0 Å². The second-order valence-corrected chi connectivity index (χ2v) is 5.78. The largest absolute Gasteiger partial charge is 0.491 e. The molecule has 0 radical (unpaired) electrons. The van der Waals surface area contributed by atoms with Gasteiger partial charge in [0.15, 0.2) is 0 Å². The summed E-state index contributed by atoms with van der Waals surface area (Å²) in [6.45, 7) is 7.19. The lowest BCUT2D eigenvalue weighted by molar-refractivity contribution is 0.0498. The molecule has 112 valence electrons. The molecule has 0 heterocycles. The van der Waals surface area contributed by atoms with Crippen molar-refractivity contribution in [2.24, 2.45) is 5.92 Å². The Kier molecular flexibility index (Phi) is 5.44. The van der Waals surface area contributed by atoms with Crippen LogP contribution in [-0.2, 0) is 4.74 Å². The highest BCUT2D eigenvalue weighted by molar-refractivity contribution is 5.37. The normalized spacial score (nSPS) is 18.1. The fourth-order valence-corrected chi connectivity index (χ4v) is 2.75. The molecular formula is C17H27NO2. The lowest BCUT2D eigenvalue weighted by atomic mass is 9.97. The van der Waals surface area contributed by atoms with E-state index in [4.69, 9.17) is 9.47 Å². The SMILES string of the molecule is CCNC(c1ccccc1OC(C)C)C(OC)C1CC1. The van der Waals surface area contributed by atoms with Gasteiger partial charge in [0.2, 0.25) is 0 Å². The Labute approximate surface area is 122 Å². The zero-order chi connectivity index (χ0) is 14.5. The quantitative estimate of drug-likeness (QED) is 0.788. The van der Waals surface area contributed by atoms with Crippen LogP contribution in [0.25, 0.3) is 0 Å². The van der Waals surface area contributed by atoms with Gasteiger partial charge in [0.1, 0.15) is 5.75 Å². The maximum atomic E-state index is 5.97. The maximum Gasteiger partial charge on any atom is 0.124 e. The van der Waals surface area contributed by atoms with Gasteiger partial charge in [0, 0.05) is 12.7 Å². The Morgan fingerprint density at radius 3 is 2.50 bits per heavy atom. The van der Waals surface area contributed by atoms with Crippen LogP contribution in [0, 0.1) is 5.92 Å². The lowest BCUT2D eigenvalue weighted by Gasteiger charge is -2.29. The molecule has 0 aromatic heterocycles. The Morgan fingerprint density at radius 2 is 1.95 bits per heavy atom. The number of hydrogen-bond donors (Lipinski definition) is 1. The highest BCUT2D eigenvalue weighted by Gasteiger charge is 2.38. The van der Waals surface area contributed by atoms with Crippen molar-refractivity contribution in [3.63, 3.8) is 0 Å². The van der Waals surface area contributed by atoms with Gasteiger partial charge in [-0.15, -0.1) is 0 Å². The van der Waals surface area contributed by atoms with Crippen molar-refractivity contribution in [2.75, 3.05) is 13.7 Å². The van der Waals surface area contributed by atoms with Gasteiger partial charge in [0.25, 0.3) is 0 Å². The van der Waals surface area contributed by atoms with Crippen LogP contribution < -0.4 is 10.1 Å². The topological polar surface area (TPSA) is 30.5 Å². The third kappa shape index (κ3) is 3.74. The summed E-state index contributed by atoms with van der Waals surface area (Å²) >= 11 is 0. The molecule has 0 bridgehead atoms. The van der Waals surface area contributed by atoms with Crippen molar-refractivity contribution in [3.05, 3.63) is 29.8 Å². The summed E-state index contributed by atoms with van der Waals surface area (Å²) in [5.41, 5.74) is 1.21. The smallest absolute Gasteiger partial charge is 0.124 e. The van der Waals surface area contributed by atoms with E-state index in [9.17, 15) is 0 Å². The predicted molar refractivity (Wildman–Crippen MR) is 82.1 cm³/mol. The summed E-state index contributed by atoms with van der Waals surface area (Å²) in [7, 11) is 1.82. The summed E-state index contributed by atoms with van der Waals surface area (Å²) in [4.78, 5) is 0. The lowest BCUT2D eigenvalue weighted by Crippen LogP contribution is -2.35. The summed E-state index contributed by atoms with van der Waals surface area (Å²) in [5, 5.41) is 3.58. The average molecular weight is 277 g/mol. The van der Waals surface area contributed by atoms with Crippen LogP contribution in [0.3, 0.4) is 0 Å². The average Bonchev–Trinajstić information content (AvgIpc) is 3.23. The summed E-state index contributed by atoms with van der Waals surface area (Å²) in [5.74, 6) is 1.65. The highest BCUT2D eigenvalue weighted by atomic mass is 16.5. The van der Waals surface area contributed by atoms with Crippen LogP contribution in [0.15, 0.2) is 24.3 Å². The molecule has 0 saturated heterocycles. The number of rotatable bonds is 8. The minimum atomic E-state index is 0.181. The number of nitrogens with one attached hydrogen (secondary N) is 1. The van der Waals surface area contributed by atoms with Gasteiger partial charge in [-0.3, -0.25) is 0 Å². The molecule has 0 aliphatic heterocycles. The third-order valence-corrected chi connectivity index (χ3v) is 3.73. The monoisotopic (exact) mass is 277 g/mol. The second kappa shape index (κ2) is 7.09. The molecular weight excluding hydrogens is 250 g/mol. The molecule has 1 aliphatic carbocycles. The van der Waals surface area contributed by atoms with Crippen LogP contribution in [0.5, 0.6) is 5.75 Å². The van der Waals surface area contributed by atoms with E-state index in [1.807, 2.05) is 13.2 Å². The van der Waals surface area contributed by atoms with Crippen molar-refractivity contribution < 1.29 is 9.47 Å². The van der Waals surface area contributed by atoms with E-state index in [-0.39, 0.29) is 18.2 Å². The van der Waals surface area contributed by atoms with Crippen LogP contribution >= 0.6 is 0 Å². The second-order valence-electron chi connectivity index (χ2n) is 5.78. The molecule has 0 amide bonds. The fourth-order valence-electron chi connectivity index (χ4n) is 2.75. The van der Waals surface area contributed by atoms with Gasteiger partial charge in [-0.1, -0.05) is 25.1 Å². The van der Waals surface area contributed by atoms with Crippen molar-refractivity contribution in [3.8, 4) is 5.75 Å². The van der Waals surface area contributed by atoms with Crippen LogP contribution in [-0.4, -0.2) is 25.9 Å². The van der Waals surface area contributed by atoms with Crippen molar-refractivity contribution in [2.45, 2.75) is 51.9 Å². The Balaban J connectivity index is 2.27. The van der Waals surface area contributed by atoms with Crippen molar-refractivity contribution in [1.82, 2.24) is 5.32 Å². The van der Waals surface area contributed by atoms with Crippen molar-refractivity contribution >= 4 is 0 Å². The van der Waals surface area contributed by atoms with Gasteiger partial charge < -0.3 is 14.8 Å². The molecule has 2 atom stereocenters. The Bertz CT molecular complexity index is 415. The number of hydrogen-bond acceptors (Lipinski definition) is 3. The number of ether oxygens (including phenoxy) is 2. The Morgan fingerprint density at radius 1 is 1.25 bits per heavy atom. The number of para-hydroxylation sites is 1. The van der Waals surface area contributed by atoms with E-state index in [2.05, 4.69) is 44.3 Å². The van der Waals surface area contributed by atoms with Gasteiger partial charge >= 0.3 is 0 Å². The van der Waals surface area contributed by atoms with Crippen LogP contribution in [0.1, 0.15) is 45.2 Å². The molecule has 1 fully saturated rings. The zero-order valence-electron chi connectivity index (χ0n) is 13.1. The summed E-state index contributed by atoms with van der Waals surface area (Å²) in [6, 6.07) is 8.52. The Hall–Kier alpha value is -1.06. The minimum Gasteiger partial charge on any atom is -0.491 e. The molecule has 2 rings (SSSR count). The fraction of sp³-hybridized carbons (Fsp3) is 0.647. The van der Waals surface area contributed by atoms with Gasteiger partial charge in [-0.2, -0.15) is 0 Å². The molecule has 3 nitrogen and oxygen atoms in total. The number of benzene rings is 1. The first kappa shape index (κ1) is 15.3. The highest BCUT2D eigenvalue weighted by Crippen LogP contribution is 2.41. The standard InChI is InChI=1S/C17H27NO2/c1-5-18-16(17(19-4)13-10-11-13)14-8-6-7-9-15(14)20-12(2)3/h6-9,12-13,16-18H,5,10-11H2,1-4H3. The maximum absolute atomic E-state index is 5.97. The van der Waals surface area contributed by atoms with Gasteiger partial charge in [-0.05, 0) is 45.2 Å². The van der Waals surface area contributed by atoms with E-state index >= 15 is 0 Å². The first-order valence-corrected chi connectivity index (χ1v) is 7.69. The van der Waals surface area contributed by atoms with Crippen molar-refractivity contribution in [1.29, 1.82) is 0 Å². The third-order valence-electron chi connectivity index (χ3n) is 3.73. The molecule has 1 N–H and O–H groups in total. The van der Waals surface area contributed by atoms with E-state index in [0.29, 0.717) is 5.92 Å². The zero-order valence-corrected chi connectivity index (χ0v) is 13.1. The summed E-state index contributed by atoms with van der Waals surface area (Å²) < 4.78 is 11.8. The molecule has 1 saturated carbocycles. The molecule has 1 aliphatic rings. The van der Waals surface area contributed by atoms with E-state index in [1.165, 1.54) is 18.4 Å².